The number of nitrogens with two attached hydrogens (primary N) is 1. The number of pyridine rings is 1. The predicted molar refractivity (Wildman–Crippen MR) is 78.9 cm³/mol. The van der Waals surface area contributed by atoms with Gasteiger partial charge in [-0.3, -0.25) is 9.88 Å². The van der Waals surface area contributed by atoms with Crippen molar-refractivity contribution >= 4 is 5.69 Å². The largest absolute Gasteiger partial charge is 0.397 e. The van der Waals surface area contributed by atoms with Crippen LogP contribution in [0.1, 0.15) is 44.2 Å². The molecule has 1 atom stereocenters. The highest BCUT2D eigenvalue weighted by molar-refractivity contribution is 5.34. The van der Waals surface area contributed by atoms with Crippen LogP contribution >= 0.6 is 0 Å². The lowest BCUT2D eigenvalue weighted by Gasteiger charge is -2.29. The summed E-state index contributed by atoms with van der Waals surface area (Å²) >= 11 is 0. The Morgan fingerprint density at radius 2 is 2.00 bits per heavy atom. The van der Waals surface area contributed by atoms with Crippen molar-refractivity contribution in [1.82, 2.24) is 9.88 Å². The Kier molecular flexibility index (Phi) is 4.02. The predicted octanol–water partition coefficient (Wildman–Crippen LogP) is 2.86. The van der Waals surface area contributed by atoms with Gasteiger partial charge in [0.15, 0.2) is 0 Å². The van der Waals surface area contributed by atoms with Crippen molar-refractivity contribution in [2.45, 2.75) is 51.0 Å². The van der Waals surface area contributed by atoms with E-state index in [0.29, 0.717) is 0 Å². The molecule has 2 heterocycles. The average molecular weight is 259 g/mol. The van der Waals surface area contributed by atoms with Crippen LogP contribution in [-0.2, 0) is 6.42 Å². The first-order valence-electron chi connectivity index (χ1n) is 7.77. The topological polar surface area (TPSA) is 42.1 Å². The fraction of sp³-hybridized carbons (Fsp3) is 0.688. The van der Waals surface area contributed by atoms with Gasteiger partial charge in [-0.1, -0.05) is 12.8 Å². The maximum Gasteiger partial charge on any atom is 0.0501 e. The van der Waals surface area contributed by atoms with E-state index in [1.54, 1.807) is 6.20 Å². The molecule has 0 aromatic carbocycles. The van der Waals surface area contributed by atoms with Gasteiger partial charge in [0.2, 0.25) is 0 Å². The van der Waals surface area contributed by atoms with Gasteiger partial charge in [0.05, 0.1) is 11.9 Å². The minimum Gasteiger partial charge on any atom is -0.397 e. The quantitative estimate of drug-likeness (QED) is 0.904. The molecule has 2 aliphatic rings. The first-order valence-corrected chi connectivity index (χ1v) is 7.77. The highest BCUT2D eigenvalue weighted by atomic mass is 15.2. The molecule has 1 saturated heterocycles. The molecular formula is C16H25N3. The summed E-state index contributed by atoms with van der Waals surface area (Å²) in [6.07, 6.45) is 11.5. The van der Waals surface area contributed by atoms with E-state index in [1.807, 2.05) is 6.07 Å². The molecule has 3 heteroatoms. The molecule has 0 radical (unpaired) electrons. The van der Waals surface area contributed by atoms with Gasteiger partial charge < -0.3 is 5.73 Å². The third kappa shape index (κ3) is 3.08. The molecule has 19 heavy (non-hydrogen) atoms. The second-order valence-electron chi connectivity index (χ2n) is 6.12. The van der Waals surface area contributed by atoms with Crippen molar-refractivity contribution in [2.75, 3.05) is 18.8 Å². The van der Waals surface area contributed by atoms with E-state index in [4.69, 9.17) is 5.73 Å². The van der Waals surface area contributed by atoms with Crippen LogP contribution in [0.4, 0.5) is 5.69 Å². The molecule has 0 spiro atoms. The summed E-state index contributed by atoms with van der Waals surface area (Å²) in [4.78, 5) is 7.13. The summed E-state index contributed by atoms with van der Waals surface area (Å²) in [5.74, 6) is 0.974. The number of hydrogen-bond donors (Lipinski definition) is 1. The van der Waals surface area contributed by atoms with Crippen LogP contribution in [0.2, 0.25) is 0 Å². The van der Waals surface area contributed by atoms with E-state index < -0.39 is 0 Å². The van der Waals surface area contributed by atoms with Gasteiger partial charge >= 0.3 is 0 Å². The molecule has 1 saturated carbocycles. The molecule has 3 rings (SSSR count). The lowest BCUT2D eigenvalue weighted by molar-refractivity contribution is 0.192. The summed E-state index contributed by atoms with van der Waals surface area (Å²) in [5, 5.41) is 0. The van der Waals surface area contributed by atoms with E-state index in [9.17, 15) is 0 Å². The second kappa shape index (κ2) is 5.91. The van der Waals surface area contributed by atoms with Crippen molar-refractivity contribution < 1.29 is 0 Å². The Morgan fingerprint density at radius 1 is 1.16 bits per heavy atom. The second-order valence-corrected chi connectivity index (χ2v) is 6.12. The molecule has 2 fully saturated rings. The first-order chi connectivity index (χ1) is 9.33. The van der Waals surface area contributed by atoms with E-state index in [1.165, 1.54) is 50.8 Å². The third-order valence-corrected chi connectivity index (χ3v) is 4.86. The zero-order valence-electron chi connectivity index (χ0n) is 11.7. The van der Waals surface area contributed by atoms with Crippen LogP contribution in [-0.4, -0.2) is 29.0 Å². The van der Waals surface area contributed by atoms with Crippen LogP contribution in [0.3, 0.4) is 0 Å². The molecular weight excluding hydrogens is 234 g/mol. The third-order valence-electron chi connectivity index (χ3n) is 4.86. The molecule has 1 aromatic rings. The van der Waals surface area contributed by atoms with Gasteiger partial charge in [0, 0.05) is 24.7 Å². The van der Waals surface area contributed by atoms with Crippen LogP contribution in [0, 0.1) is 5.92 Å². The zero-order valence-corrected chi connectivity index (χ0v) is 11.7. The van der Waals surface area contributed by atoms with Gasteiger partial charge in [-0.05, 0) is 50.3 Å². The monoisotopic (exact) mass is 259 g/mol. The Balaban J connectivity index is 1.55. The Bertz CT molecular complexity index is 395. The summed E-state index contributed by atoms with van der Waals surface area (Å²) in [6, 6.07) is 4.88. The molecule has 2 N–H and O–H groups in total. The normalized spacial score (nSPS) is 25.2. The summed E-state index contributed by atoms with van der Waals surface area (Å²) in [5.41, 5.74) is 7.61. The van der Waals surface area contributed by atoms with E-state index in [0.717, 1.165) is 30.6 Å². The Hall–Kier alpha value is -1.09. The summed E-state index contributed by atoms with van der Waals surface area (Å²) < 4.78 is 0. The zero-order chi connectivity index (χ0) is 13.1. The molecule has 1 aromatic heterocycles. The van der Waals surface area contributed by atoms with Crippen molar-refractivity contribution in [3.05, 3.63) is 24.0 Å². The molecule has 1 aliphatic heterocycles. The van der Waals surface area contributed by atoms with Crippen LogP contribution in [0.15, 0.2) is 18.3 Å². The standard InChI is InChI=1S/C16H25N3/c17-14-7-8-15(18-12-14)9-11-19-10-3-6-16(19)13-4-1-2-5-13/h7-8,12-13,16H,1-6,9-11,17H2. The van der Waals surface area contributed by atoms with E-state index in [2.05, 4.69) is 16.0 Å². The van der Waals surface area contributed by atoms with Gasteiger partial charge in [-0.2, -0.15) is 0 Å². The summed E-state index contributed by atoms with van der Waals surface area (Å²) in [7, 11) is 0. The van der Waals surface area contributed by atoms with Crippen molar-refractivity contribution in [1.29, 1.82) is 0 Å². The van der Waals surface area contributed by atoms with Crippen molar-refractivity contribution in [3.63, 3.8) is 0 Å². The number of likely N-dealkylation sites (tertiary alicyclic amines) is 1. The van der Waals surface area contributed by atoms with Crippen molar-refractivity contribution in [3.8, 4) is 0 Å². The number of hydrogen-bond acceptors (Lipinski definition) is 3. The molecule has 0 amide bonds. The van der Waals surface area contributed by atoms with Crippen molar-refractivity contribution in [2.24, 2.45) is 5.92 Å². The lowest BCUT2D eigenvalue weighted by atomic mass is 9.96. The molecule has 1 aliphatic carbocycles. The minimum absolute atomic E-state index is 0.758. The smallest absolute Gasteiger partial charge is 0.0501 e. The number of anilines is 1. The maximum atomic E-state index is 5.68. The lowest BCUT2D eigenvalue weighted by Crippen LogP contribution is -2.36. The first kappa shape index (κ1) is 12.9. The van der Waals surface area contributed by atoms with Crippen LogP contribution < -0.4 is 5.73 Å². The number of rotatable bonds is 4. The highest BCUT2D eigenvalue weighted by Gasteiger charge is 2.32. The van der Waals surface area contributed by atoms with Gasteiger partial charge in [-0.15, -0.1) is 0 Å². The van der Waals surface area contributed by atoms with Gasteiger partial charge in [0.25, 0.3) is 0 Å². The van der Waals surface area contributed by atoms with Crippen LogP contribution in [0.5, 0.6) is 0 Å². The van der Waals surface area contributed by atoms with Crippen LogP contribution in [0.25, 0.3) is 0 Å². The molecule has 0 bridgehead atoms. The number of aromatic nitrogens is 1. The Labute approximate surface area is 116 Å². The van der Waals surface area contributed by atoms with Gasteiger partial charge in [0.1, 0.15) is 0 Å². The molecule has 1 unspecified atom stereocenters. The number of nitrogen functional groups attached to an aromatic ring is 1. The number of nitrogens with zero attached hydrogens (tertiary/aromatic N) is 2. The summed E-state index contributed by atoms with van der Waals surface area (Å²) in [6.45, 7) is 2.45. The maximum absolute atomic E-state index is 5.68. The highest BCUT2D eigenvalue weighted by Crippen LogP contribution is 2.35. The van der Waals surface area contributed by atoms with Gasteiger partial charge in [-0.25, -0.2) is 0 Å². The molecule has 104 valence electrons. The minimum atomic E-state index is 0.758. The van der Waals surface area contributed by atoms with E-state index >= 15 is 0 Å². The average Bonchev–Trinajstić information content (AvgIpc) is 3.08. The van der Waals surface area contributed by atoms with E-state index in [-0.39, 0.29) is 0 Å². The fourth-order valence-corrected chi connectivity index (χ4v) is 3.85. The molecule has 3 nitrogen and oxygen atoms in total. The Morgan fingerprint density at radius 3 is 2.74 bits per heavy atom. The SMILES string of the molecule is Nc1ccc(CCN2CCCC2C2CCCC2)nc1. The fourth-order valence-electron chi connectivity index (χ4n) is 3.85.